The zero-order valence-corrected chi connectivity index (χ0v) is 10.4. The highest BCUT2D eigenvalue weighted by atomic mass is 19.1. The normalized spacial score (nSPS) is 18.7. The molecule has 1 aromatic rings. The van der Waals surface area contributed by atoms with Crippen LogP contribution in [0.1, 0.15) is 18.4 Å². The van der Waals surface area contributed by atoms with Crippen LogP contribution in [0.25, 0.3) is 0 Å². The van der Waals surface area contributed by atoms with Crippen molar-refractivity contribution in [3.8, 4) is 5.75 Å². The van der Waals surface area contributed by atoms with Crippen molar-refractivity contribution in [2.75, 3.05) is 7.11 Å². The Hall–Kier alpha value is -2.11. The highest BCUT2D eigenvalue weighted by Crippen LogP contribution is 2.26. The molecule has 1 atom stereocenters. The lowest BCUT2D eigenvalue weighted by Gasteiger charge is -2.22. The maximum Gasteiger partial charge on any atom is 0.326 e. The number of ether oxygens (including phenoxy) is 1. The van der Waals surface area contributed by atoms with Crippen LogP contribution < -0.4 is 4.74 Å². The summed E-state index contributed by atoms with van der Waals surface area (Å²) in [5.41, 5.74) is 0.462. The summed E-state index contributed by atoms with van der Waals surface area (Å²) in [6.07, 6.45) is 0.487. The fraction of sp³-hybridized carbons (Fsp3) is 0.385. The van der Waals surface area contributed by atoms with Gasteiger partial charge >= 0.3 is 5.97 Å². The number of likely N-dealkylation sites (tertiary alicyclic amines) is 1. The number of benzene rings is 1. The van der Waals surface area contributed by atoms with Crippen LogP contribution in [0, 0.1) is 5.82 Å². The number of halogens is 1. The van der Waals surface area contributed by atoms with Crippen LogP contribution in [-0.2, 0) is 16.1 Å². The van der Waals surface area contributed by atoms with Gasteiger partial charge in [-0.05, 0) is 24.6 Å². The summed E-state index contributed by atoms with van der Waals surface area (Å²) in [7, 11) is 1.44. The Morgan fingerprint density at radius 3 is 2.95 bits per heavy atom. The summed E-state index contributed by atoms with van der Waals surface area (Å²) < 4.78 is 18.3. The Balaban J connectivity index is 2.26. The number of hydrogen-bond donors (Lipinski definition) is 1. The molecule has 1 fully saturated rings. The molecule has 0 bridgehead atoms. The fourth-order valence-electron chi connectivity index (χ4n) is 2.24. The molecule has 6 heteroatoms. The molecule has 5 nitrogen and oxygen atoms in total. The van der Waals surface area contributed by atoms with Crippen LogP contribution in [0.4, 0.5) is 4.39 Å². The van der Waals surface area contributed by atoms with E-state index in [-0.39, 0.29) is 25.3 Å². The number of carbonyl (C=O) groups is 2. The van der Waals surface area contributed by atoms with Gasteiger partial charge in [0.2, 0.25) is 5.91 Å². The van der Waals surface area contributed by atoms with E-state index in [0.717, 1.165) is 0 Å². The minimum atomic E-state index is -1.04. The van der Waals surface area contributed by atoms with Gasteiger partial charge in [0.25, 0.3) is 0 Å². The predicted molar refractivity (Wildman–Crippen MR) is 64.2 cm³/mol. The Morgan fingerprint density at radius 2 is 2.32 bits per heavy atom. The average molecular weight is 267 g/mol. The first kappa shape index (κ1) is 13.3. The molecule has 0 spiro atoms. The number of carbonyl (C=O) groups excluding carboxylic acids is 1. The lowest BCUT2D eigenvalue weighted by atomic mass is 10.1. The quantitative estimate of drug-likeness (QED) is 0.895. The number of carboxylic acids is 1. The van der Waals surface area contributed by atoms with E-state index in [1.165, 1.54) is 30.2 Å². The summed E-state index contributed by atoms with van der Waals surface area (Å²) in [6, 6.07) is 3.12. The van der Waals surface area contributed by atoms with Crippen molar-refractivity contribution in [1.29, 1.82) is 0 Å². The summed E-state index contributed by atoms with van der Waals surface area (Å²) in [4.78, 5) is 24.0. The second-order valence-electron chi connectivity index (χ2n) is 4.37. The van der Waals surface area contributed by atoms with E-state index in [9.17, 15) is 14.0 Å². The maximum absolute atomic E-state index is 13.2. The van der Waals surface area contributed by atoms with Gasteiger partial charge in [0.1, 0.15) is 17.6 Å². The number of aliphatic carboxylic acids is 1. The lowest BCUT2D eigenvalue weighted by molar-refractivity contribution is -0.146. The standard InChI is InChI=1S/C13H14FNO4/c1-19-11-4-2-9(14)6-8(11)7-15-10(13(17)18)3-5-12(15)16/h2,4,6,10H,3,5,7H2,1H3,(H,17,18). The summed E-state index contributed by atoms with van der Waals surface area (Å²) in [5.74, 6) is -1.29. The first-order valence-electron chi connectivity index (χ1n) is 5.87. The molecule has 1 heterocycles. The third-order valence-electron chi connectivity index (χ3n) is 3.20. The van der Waals surface area contributed by atoms with Crippen LogP contribution in [0.2, 0.25) is 0 Å². The van der Waals surface area contributed by atoms with Gasteiger partial charge in [-0.1, -0.05) is 0 Å². The monoisotopic (exact) mass is 267 g/mol. The lowest BCUT2D eigenvalue weighted by Crippen LogP contribution is -2.38. The van der Waals surface area contributed by atoms with E-state index < -0.39 is 17.8 Å². The fourth-order valence-corrected chi connectivity index (χ4v) is 2.24. The molecule has 0 aliphatic carbocycles. The number of nitrogens with zero attached hydrogens (tertiary/aromatic N) is 1. The van der Waals surface area contributed by atoms with E-state index in [1.807, 2.05) is 0 Å². The zero-order chi connectivity index (χ0) is 14.0. The zero-order valence-electron chi connectivity index (χ0n) is 10.4. The topological polar surface area (TPSA) is 66.8 Å². The van der Waals surface area contributed by atoms with Crippen LogP contribution in [-0.4, -0.2) is 35.0 Å². The molecule has 1 amide bonds. The Morgan fingerprint density at radius 1 is 1.58 bits per heavy atom. The molecular formula is C13H14FNO4. The summed E-state index contributed by atoms with van der Waals surface area (Å²) in [5, 5.41) is 9.06. The second-order valence-corrected chi connectivity index (χ2v) is 4.37. The number of methoxy groups -OCH3 is 1. The minimum Gasteiger partial charge on any atom is -0.496 e. The average Bonchev–Trinajstić information content (AvgIpc) is 2.72. The van der Waals surface area contributed by atoms with Gasteiger partial charge in [-0.25, -0.2) is 9.18 Å². The first-order valence-corrected chi connectivity index (χ1v) is 5.87. The van der Waals surface area contributed by atoms with Gasteiger partial charge < -0.3 is 14.7 Å². The molecule has 1 N–H and O–H groups in total. The van der Waals surface area contributed by atoms with Crippen LogP contribution in [0.5, 0.6) is 5.75 Å². The van der Waals surface area contributed by atoms with Crippen molar-refractivity contribution in [2.24, 2.45) is 0 Å². The van der Waals surface area contributed by atoms with E-state index in [1.54, 1.807) is 0 Å². The van der Waals surface area contributed by atoms with Crippen molar-refractivity contribution >= 4 is 11.9 Å². The van der Waals surface area contributed by atoms with Crippen molar-refractivity contribution in [3.05, 3.63) is 29.6 Å². The molecule has 1 aliphatic rings. The van der Waals surface area contributed by atoms with Gasteiger partial charge in [0.15, 0.2) is 0 Å². The highest BCUT2D eigenvalue weighted by Gasteiger charge is 2.36. The molecule has 102 valence electrons. The van der Waals surface area contributed by atoms with E-state index in [0.29, 0.717) is 11.3 Å². The molecule has 1 aromatic carbocycles. The molecule has 0 saturated carbocycles. The van der Waals surface area contributed by atoms with Gasteiger partial charge in [0.05, 0.1) is 13.7 Å². The molecule has 19 heavy (non-hydrogen) atoms. The van der Waals surface area contributed by atoms with Crippen LogP contribution >= 0.6 is 0 Å². The third-order valence-corrected chi connectivity index (χ3v) is 3.20. The van der Waals surface area contributed by atoms with Crippen molar-refractivity contribution in [1.82, 2.24) is 4.90 Å². The molecule has 0 radical (unpaired) electrons. The maximum atomic E-state index is 13.2. The SMILES string of the molecule is COc1ccc(F)cc1CN1C(=O)CCC1C(=O)O. The molecule has 2 rings (SSSR count). The number of amides is 1. The van der Waals surface area contributed by atoms with Gasteiger partial charge in [-0.3, -0.25) is 4.79 Å². The Bertz CT molecular complexity index is 517. The van der Waals surface area contributed by atoms with Crippen LogP contribution in [0.3, 0.4) is 0 Å². The van der Waals surface area contributed by atoms with Crippen LogP contribution in [0.15, 0.2) is 18.2 Å². The van der Waals surface area contributed by atoms with Gasteiger partial charge in [-0.2, -0.15) is 0 Å². The van der Waals surface area contributed by atoms with E-state index >= 15 is 0 Å². The highest BCUT2D eigenvalue weighted by molar-refractivity contribution is 5.87. The Kier molecular flexibility index (Phi) is 3.69. The van der Waals surface area contributed by atoms with Crippen molar-refractivity contribution < 1.29 is 23.8 Å². The van der Waals surface area contributed by atoms with E-state index in [2.05, 4.69) is 0 Å². The van der Waals surface area contributed by atoms with Crippen molar-refractivity contribution in [2.45, 2.75) is 25.4 Å². The minimum absolute atomic E-state index is 0.0384. The van der Waals surface area contributed by atoms with E-state index in [4.69, 9.17) is 9.84 Å². The molecule has 0 aromatic heterocycles. The molecule has 1 unspecified atom stereocenters. The van der Waals surface area contributed by atoms with Crippen molar-refractivity contribution in [3.63, 3.8) is 0 Å². The first-order chi connectivity index (χ1) is 9.02. The smallest absolute Gasteiger partial charge is 0.326 e. The number of hydrogen-bond acceptors (Lipinski definition) is 3. The number of carboxylic acid groups (broad SMARTS) is 1. The molecular weight excluding hydrogens is 253 g/mol. The molecule has 1 saturated heterocycles. The largest absolute Gasteiger partial charge is 0.496 e. The Labute approximate surface area is 109 Å². The second kappa shape index (κ2) is 5.26. The summed E-state index contributed by atoms with van der Waals surface area (Å²) >= 11 is 0. The third kappa shape index (κ3) is 2.67. The molecule has 1 aliphatic heterocycles. The predicted octanol–water partition coefficient (Wildman–Crippen LogP) is 1.41. The summed E-state index contributed by atoms with van der Waals surface area (Å²) in [6.45, 7) is 0.0384. The number of rotatable bonds is 4. The van der Waals surface area contributed by atoms with Gasteiger partial charge in [-0.15, -0.1) is 0 Å². The van der Waals surface area contributed by atoms with Gasteiger partial charge in [0, 0.05) is 12.0 Å².